The van der Waals surface area contributed by atoms with Crippen molar-refractivity contribution in [1.29, 1.82) is 0 Å². The minimum absolute atomic E-state index is 0.100. The van der Waals surface area contributed by atoms with E-state index < -0.39 is 45.6 Å². The number of alkyl halides is 3. The van der Waals surface area contributed by atoms with E-state index in [4.69, 9.17) is 23.2 Å². The van der Waals surface area contributed by atoms with Crippen molar-refractivity contribution in [3.8, 4) is 28.5 Å². The number of rotatable bonds is 15. The van der Waals surface area contributed by atoms with Gasteiger partial charge in [-0.1, -0.05) is 35.9 Å². The van der Waals surface area contributed by atoms with Crippen molar-refractivity contribution < 1.29 is 34.6 Å². The predicted molar refractivity (Wildman–Crippen MR) is 234 cm³/mol. The molecule has 0 unspecified atom stereocenters. The smallest absolute Gasteiger partial charge is 0.374 e. The molecule has 4 heterocycles. The molecule has 6 aromatic rings. The van der Waals surface area contributed by atoms with Gasteiger partial charge in [0.1, 0.15) is 27.6 Å². The van der Waals surface area contributed by atoms with Crippen LogP contribution < -0.4 is 4.18 Å². The topological polar surface area (TPSA) is 101 Å². The van der Waals surface area contributed by atoms with Gasteiger partial charge < -0.3 is 14.2 Å². The quantitative estimate of drug-likeness (QED) is 0.0351. The second kappa shape index (κ2) is 21.6. The second-order valence-corrected chi connectivity index (χ2v) is 29.5. The molecule has 0 fully saturated rings. The van der Waals surface area contributed by atoms with E-state index in [0.717, 1.165) is 34.3 Å². The van der Waals surface area contributed by atoms with Crippen molar-refractivity contribution >= 4 is 79.6 Å². The first-order chi connectivity index (χ1) is 28.0. The Morgan fingerprint density at radius 2 is 1.17 bits per heavy atom. The van der Waals surface area contributed by atoms with Crippen molar-refractivity contribution in [1.82, 2.24) is 19.9 Å². The molecule has 0 aliphatic heterocycles. The number of fused-ring (bicyclic) bond motifs is 2. The maximum Gasteiger partial charge on any atom is 0.534 e. The Morgan fingerprint density at radius 1 is 0.712 bits per heavy atom. The Hall–Kier alpha value is -3.92. The second-order valence-electron chi connectivity index (χ2n) is 13.9. The molecule has 316 valence electrons. The molecule has 6 rings (SSSR count). The van der Waals surface area contributed by atoms with Gasteiger partial charge in [0.05, 0.1) is 17.1 Å². The van der Waals surface area contributed by atoms with E-state index in [1.165, 1.54) is 74.9 Å². The molecule has 59 heavy (non-hydrogen) atoms. The summed E-state index contributed by atoms with van der Waals surface area (Å²) in [5.41, 5.74) is -2.08. The molecule has 2 aromatic carbocycles. The van der Waals surface area contributed by atoms with Crippen molar-refractivity contribution in [2.45, 2.75) is 78.1 Å². The number of hydrogen-bond acceptors (Lipinski definition) is 5. The molecule has 2 N–H and O–H groups in total. The molecule has 16 heteroatoms. The molecular formula is C43H47Cl2F5N4O3SSn. The van der Waals surface area contributed by atoms with E-state index in [9.17, 15) is 30.4 Å². The van der Waals surface area contributed by atoms with Crippen LogP contribution in [0.1, 0.15) is 64.9 Å². The summed E-state index contributed by atoms with van der Waals surface area (Å²) in [6.45, 7) is 14.9. The molecule has 4 aromatic heterocycles. The molecule has 0 radical (unpaired) electrons. The number of unbranched alkanes of at least 4 members (excludes halogenated alkanes) is 3. The van der Waals surface area contributed by atoms with E-state index in [0.29, 0.717) is 21.7 Å². The van der Waals surface area contributed by atoms with Crippen molar-refractivity contribution in [2.24, 2.45) is 0 Å². The monoisotopic (exact) mass is 984 g/mol. The molecule has 0 saturated heterocycles. The van der Waals surface area contributed by atoms with Gasteiger partial charge in [-0.15, -0.1) is 0 Å². The zero-order valence-electron chi connectivity index (χ0n) is 33.0. The first kappa shape index (κ1) is 47.8. The van der Waals surface area contributed by atoms with Gasteiger partial charge in [-0.2, -0.15) is 21.6 Å². The van der Waals surface area contributed by atoms with Gasteiger partial charge in [-0.3, -0.25) is 0 Å². The Balaban J connectivity index is 0.000000203. The maximum atomic E-state index is 13.3. The molecule has 0 bridgehead atoms. The fraction of sp³-hybridized carbons (Fsp3) is 0.302. The molecule has 0 spiro atoms. The summed E-state index contributed by atoms with van der Waals surface area (Å²) in [6.07, 6.45) is 10.2. The summed E-state index contributed by atoms with van der Waals surface area (Å²) in [7, 11) is -5.89. The van der Waals surface area contributed by atoms with E-state index in [1.807, 2.05) is 12.1 Å². The third-order valence-electron chi connectivity index (χ3n) is 9.61. The Labute approximate surface area is 356 Å². The van der Waals surface area contributed by atoms with Gasteiger partial charge in [0.2, 0.25) is 0 Å². The molecule has 7 nitrogen and oxygen atoms in total. The fourth-order valence-corrected chi connectivity index (χ4v) is 20.1. The zero-order valence-corrected chi connectivity index (χ0v) is 38.2. The van der Waals surface area contributed by atoms with E-state index in [2.05, 4.69) is 62.1 Å². The van der Waals surface area contributed by atoms with Crippen LogP contribution in [0.5, 0.6) is 5.75 Å². The van der Waals surface area contributed by atoms with E-state index >= 15 is 0 Å². The molecule has 0 aliphatic rings. The number of H-pyrrole nitrogens is 2. The van der Waals surface area contributed by atoms with Gasteiger partial charge in [0, 0.05) is 27.4 Å². The number of aromatic nitrogens is 4. The fourth-order valence-electron chi connectivity index (χ4n) is 6.40. The average molecular weight is 985 g/mol. The number of aromatic amines is 2. The SMILES string of the molecule is C=Cc1ccc(Cl)nc1-c1cc2cc(F)ccc2[nH]1.C=[CH][Sn]([CH2]CCC)([CH2]CCC)[CH2]CCC.O=S(=O)(Oc1ccc(Cl)nc1-c1cc2cc(F)ccc2[nH]1)C(F)(F)F. The Bertz CT molecular complexity index is 2450. The van der Waals surface area contributed by atoms with Crippen LogP contribution in [0, 0.1) is 11.6 Å². The summed E-state index contributed by atoms with van der Waals surface area (Å²) in [5.74, 6) is -1.46. The molecule has 0 aliphatic carbocycles. The van der Waals surface area contributed by atoms with Gasteiger partial charge in [0.25, 0.3) is 0 Å². The minimum atomic E-state index is -5.89. The van der Waals surface area contributed by atoms with Crippen LogP contribution in [0.25, 0.3) is 50.7 Å². The number of halogens is 7. The average Bonchev–Trinajstić information content (AvgIpc) is 3.82. The standard InChI is InChI=1S/C15H10ClFN2.C14H7ClF4N2O3S.3C4H9.C2H3.Sn/c1-2-9-3-6-14(16)19-15(9)13-8-10-7-11(17)4-5-12(10)18-13;15-12-4-3-11(24-25(22,23)14(17,18)19)13(21-12)10-6-7-5-8(16)1-2-9(7)20-10;3*1-3-4-2;1-2;/h2-8,18H,1H2;1-6,20H;3*1,3-4H2,2H3;1H,2H2;. The van der Waals surface area contributed by atoms with Gasteiger partial charge in [0.15, 0.2) is 5.75 Å². The number of benzene rings is 2. The van der Waals surface area contributed by atoms with E-state index in [1.54, 1.807) is 31.5 Å². The summed E-state index contributed by atoms with van der Waals surface area (Å²) in [4.78, 5) is 14.1. The van der Waals surface area contributed by atoms with Crippen LogP contribution in [0.3, 0.4) is 0 Å². The first-order valence-electron chi connectivity index (χ1n) is 19.2. The van der Waals surface area contributed by atoms with E-state index in [-0.39, 0.29) is 22.4 Å². The number of pyridine rings is 2. The molecule has 0 saturated carbocycles. The summed E-state index contributed by atoms with van der Waals surface area (Å²) in [6, 6.07) is 17.2. The molecule has 0 amide bonds. The summed E-state index contributed by atoms with van der Waals surface area (Å²) in [5, 5.41) is 1.51. The maximum absolute atomic E-state index is 13.3. The largest absolute Gasteiger partial charge is 0.534 e. The van der Waals surface area contributed by atoms with Crippen LogP contribution >= 0.6 is 23.2 Å². The van der Waals surface area contributed by atoms with Crippen LogP contribution in [0.15, 0.2) is 90.0 Å². The van der Waals surface area contributed by atoms with Crippen LogP contribution in [-0.2, 0) is 10.1 Å². The normalized spacial score (nSPS) is 11.8. The van der Waals surface area contributed by atoms with Gasteiger partial charge >= 0.3 is 117 Å². The third-order valence-corrected chi connectivity index (χ3v) is 25.0. The van der Waals surface area contributed by atoms with Gasteiger partial charge in [-0.05, 0) is 72.8 Å². The number of nitrogens with one attached hydrogen (secondary N) is 2. The molecular weight excluding hydrogens is 937 g/mol. The summed E-state index contributed by atoms with van der Waals surface area (Å²) < 4.78 is 97.9. The summed E-state index contributed by atoms with van der Waals surface area (Å²) >= 11 is 9.82. The Morgan fingerprint density at radius 3 is 1.61 bits per heavy atom. The van der Waals surface area contributed by atoms with Crippen molar-refractivity contribution in [2.75, 3.05) is 0 Å². The van der Waals surface area contributed by atoms with Crippen LogP contribution in [0.2, 0.25) is 23.6 Å². The zero-order chi connectivity index (χ0) is 43.4. The first-order valence-corrected chi connectivity index (χ1v) is 29.0. The Kier molecular flexibility index (Phi) is 17.4. The van der Waals surface area contributed by atoms with Crippen molar-refractivity contribution in [3.63, 3.8) is 0 Å². The third kappa shape index (κ3) is 13.0. The van der Waals surface area contributed by atoms with Crippen molar-refractivity contribution in [3.05, 3.63) is 118 Å². The number of nitrogens with zero attached hydrogens (tertiary/aromatic N) is 2. The van der Waals surface area contributed by atoms with Gasteiger partial charge in [-0.25, -0.2) is 18.7 Å². The predicted octanol–water partition coefficient (Wildman–Crippen LogP) is 14.5. The number of hydrogen-bond donors (Lipinski definition) is 2. The van der Waals surface area contributed by atoms with Crippen LogP contribution in [0.4, 0.5) is 22.0 Å². The molecule has 0 atom stereocenters. The minimum Gasteiger partial charge on any atom is -0.374 e. The van der Waals surface area contributed by atoms with Crippen LogP contribution in [-0.4, -0.2) is 52.2 Å².